The summed E-state index contributed by atoms with van der Waals surface area (Å²) < 4.78 is 28.7. The zero-order valence-electron chi connectivity index (χ0n) is 17.5. The van der Waals surface area contributed by atoms with Gasteiger partial charge in [-0.2, -0.15) is 0 Å². The molecule has 1 atom stereocenters. The van der Waals surface area contributed by atoms with E-state index >= 15 is 0 Å². The summed E-state index contributed by atoms with van der Waals surface area (Å²) in [6, 6.07) is 14.7. The minimum Gasteiger partial charge on any atom is -0.478 e. The lowest BCUT2D eigenvalue weighted by Crippen LogP contribution is -2.50. The lowest BCUT2D eigenvalue weighted by atomic mass is 10.0. The highest BCUT2D eigenvalue weighted by molar-refractivity contribution is 6.05. The number of anilines is 4. The van der Waals surface area contributed by atoms with Crippen molar-refractivity contribution in [2.75, 3.05) is 22.2 Å². The summed E-state index contributed by atoms with van der Waals surface area (Å²) in [6.07, 6.45) is 0. The average molecular weight is 437 g/mol. The first-order valence-electron chi connectivity index (χ1n) is 9.98. The molecule has 3 aromatic carbocycles. The molecule has 1 amide bonds. The molecular weight excluding hydrogens is 416 g/mol. The fourth-order valence-corrected chi connectivity index (χ4v) is 3.83. The Kier molecular flexibility index (Phi) is 5.52. The van der Waals surface area contributed by atoms with Crippen LogP contribution in [0.5, 0.6) is 0 Å². The van der Waals surface area contributed by atoms with Gasteiger partial charge in [0.15, 0.2) is 0 Å². The second-order valence-electron chi connectivity index (χ2n) is 7.62. The SMILES string of the molecule is CC1C(=O)N(C)c2ccc(Nc3cccc(C(=O)O)c3)cc2N1Cc1c(F)cccc1F. The molecule has 2 N–H and O–H groups in total. The van der Waals surface area contributed by atoms with Crippen LogP contribution in [-0.2, 0) is 11.3 Å². The Morgan fingerprint density at radius 2 is 1.66 bits per heavy atom. The molecule has 6 nitrogen and oxygen atoms in total. The molecule has 0 fully saturated rings. The Morgan fingerprint density at radius 1 is 1.00 bits per heavy atom. The first kappa shape index (κ1) is 21.3. The van der Waals surface area contributed by atoms with Crippen molar-refractivity contribution in [3.05, 3.63) is 83.4 Å². The predicted octanol–water partition coefficient (Wildman–Crippen LogP) is 4.78. The van der Waals surface area contributed by atoms with E-state index < -0.39 is 23.6 Å². The summed E-state index contributed by atoms with van der Waals surface area (Å²) in [7, 11) is 1.65. The summed E-state index contributed by atoms with van der Waals surface area (Å²) in [5.41, 5.74) is 2.47. The van der Waals surface area contributed by atoms with Gasteiger partial charge in [-0.05, 0) is 55.5 Å². The lowest BCUT2D eigenvalue weighted by Gasteiger charge is -2.40. The largest absolute Gasteiger partial charge is 0.478 e. The summed E-state index contributed by atoms with van der Waals surface area (Å²) in [6.45, 7) is 1.57. The monoisotopic (exact) mass is 437 g/mol. The average Bonchev–Trinajstić information content (AvgIpc) is 2.77. The molecule has 164 valence electrons. The molecule has 1 unspecified atom stereocenters. The molecule has 3 aromatic rings. The molecule has 0 spiro atoms. The van der Waals surface area contributed by atoms with Gasteiger partial charge in [-0.25, -0.2) is 13.6 Å². The molecule has 0 saturated carbocycles. The van der Waals surface area contributed by atoms with Crippen molar-refractivity contribution in [1.29, 1.82) is 0 Å². The number of carbonyl (C=O) groups excluding carboxylic acids is 1. The van der Waals surface area contributed by atoms with E-state index in [0.717, 1.165) is 0 Å². The molecule has 1 heterocycles. The van der Waals surface area contributed by atoms with Crippen LogP contribution in [0.25, 0.3) is 0 Å². The molecule has 0 aliphatic carbocycles. The highest BCUT2D eigenvalue weighted by Gasteiger charge is 2.34. The fourth-order valence-electron chi connectivity index (χ4n) is 3.83. The minimum atomic E-state index is -1.04. The lowest BCUT2D eigenvalue weighted by molar-refractivity contribution is -0.119. The van der Waals surface area contributed by atoms with Crippen molar-refractivity contribution in [2.24, 2.45) is 0 Å². The minimum absolute atomic E-state index is 0.116. The maximum Gasteiger partial charge on any atom is 0.335 e. The van der Waals surface area contributed by atoms with Crippen LogP contribution in [0.1, 0.15) is 22.8 Å². The van der Waals surface area contributed by atoms with Crippen molar-refractivity contribution >= 4 is 34.6 Å². The van der Waals surface area contributed by atoms with E-state index in [9.17, 15) is 23.5 Å². The van der Waals surface area contributed by atoms with Crippen LogP contribution in [-0.4, -0.2) is 30.1 Å². The number of hydrogen-bond acceptors (Lipinski definition) is 4. The Morgan fingerprint density at radius 3 is 2.34 bits per heavy atom. The second kappa shape index (κ2) is 8.30. The number of nitrogens with zero attached hydrogens (tertiary/aromatic N) is 2. The van der Waals surface area contributed by atoms with Gasteiger partial charge in [-0.15, -0.1) is 0 Å². The van der Waals surface area contributed by atoms with E-state index in [0.29, 0.717) is 22.7 Å². The molecule has 0 saturated heterocycles. The van der Waals surface area contributed by atoms with E-state index in [1.54, 1.807) is 49.2 Å². The van der Waals surface area contributed by atoms with Crippen LogP contribution >= 0.6 is 0 Å². The van der Waals surface area contributed by atoms with Crippen molar-refractivity contribution in [3.8, 4) is 0 Å². The number of carbonyl (C=O) groups is 2. The van der Waals surface area contributed by atoms with Gasteiger partial charge in [0.25, 0.3) is 0 Å². The smallest absolute Gasteiger partial charge is 0.335 e. The van der Waals surface area contributed by atoms with E-state index in [1.165, 1.54) is 35.2 Å². The number of rotatable bonds is 5. The van der Waals surface area contributed by atoms with Crippen molar-refractivity contribution in [1.82, 2.24) is 0 Å². The second-order valence-corrected chi connectivity index (χ2v) is 7.62. The third kappa shape index (κ3) is 3.87. The maximum absolute atomic E-state index is 14.3. The van der Waals surface area contributed by atoms with Gasteiger partial charge in [-0.1, -0.05) is 12.1 Å². The molecule has 32 heavy (non-hydrogen) atoms. The van der Waals surface area contributed by atoms with E-state index in [-0.39, 0.29) is 23.6 Å². The van der Waals surface area contributed by atoms with Crippen molar-refractivity contribution in [2.45, 2.75) is 19.5 Å². The third-order valence-electron chi connectivity index (χ3n) is 5.59. The molecular formula is C24H21F2N3O3. The normalized spacial score (nSPS) is 15.5. The van der Waals surface area contributed by atoms with E-state index in [1.807, 2.05) is 0 Å². The Bertz CT molecular complexity index is 1190. The number of fused-ring (bicyclic) bond motifs is 1. The third-order valence-corrected chi connectivity index (χ3v) is 5.59. The van der Waals surface area contributed by atoms with Gasteiger partial charge < -0.3 is 20.2 Å². The number of benzene rings is 3. The number of carboxylic acids is 1. The number of nitrogens with one attached hydrogen (secondary N) is 1. The summed E-state index contributed by atoms with van der Waals surface area (Å²) in [4.78, 5) is 27.2. The van der Waals surface area contributed by atoms with Crippen LogP contribution in [0.3, 0.4) is 0 Å². The van der Waals surface area contributed by atoms with Crippen LogP contribution in [0, 0.1) is 11.6 Å². The van der Waals surface area contributed by atoms with Gasteiger partial charge in [-0.3, -0.25) is 4.79 Å². The van der Waals surface area contributed by atoms with Crippen molar-refractivity contribution in [3.63, 3.8) is 0 Å². The molecule has 0 aromatic heterocycles. The molecule has 8 heteroatoms. The zero-order chi connectivity index (χ0) is 23.0. The number of likely N-dealkylation sites (N-methyl/N-ethyl adjacent to an activating group) is 1. The van der Waals surface area contributed by atoms with Gasteiger partial charge in [0.1, 0.15) is 17.7 Å². The number of carboxylic acid groups (broad SMARTS) is 1. The predicted molar refractivity (Wildman–Crippen MR) is 119 cm³/mol. The van der Waals surface area contributed by atoms with Crippen LogP contribution in [0.2, 0.25) is 0 Å². The van der Waals surface area contributed by atoms with Gasteiger partial charge >= 0.3 is 5.97 Å². The number of aromatic carboxylic acids is 1. The van der Waals surface area contributed by atoms with Gasteiger partial charge in [0.05, 0.1) is 16.9 Å². The first-order valence-corrected chi connectivity index (χ1v) is 9.98. The molecule has 1 aliphatic heterocycles. The molecule has 4 rings (SSSR count). The highest BCUT2D eigenvalue weighted by Crippen LogP contribution is 2.39. The van der Waals surface area contributed by atoms with E-state index in [2.05, 4.69) is 5.32 Å². The number of amides is 1. The van der Waals surface area contributed by atoms with Crippen molar-refractivity contribution < 1.29 is 23.5 Å². The van der Waals surface area contributed by atoms with Gasteiger partial charge in [0.2, 0.25) is 5.91 Å². The topological polar surface area (TPSA) is 72.9 Å². The Balaban J connectivity index is 1.73. The number of halogens is 2. The summed E-state index contributed by atoms with van der Waals surface area (Å²) in [5.74, 6) is -2.58. The summed E-state index contributed by atoms with van der Waals surface area (Å²) in [5, 5.41) is 12.4. The fraction of sp³-hybridized carbons (Fsp3) is 0.167. The molecule has 0 radical (unpaired) electrons. The highest BCUT2D eigenvalue weighted by atomic mass is 19.1. The van der Waals surface area contributed by atoms with Gasteiger partial charge in [0, 0.05) is 30.5 Å². The molecule has 0 bridgehead atoms. The Labute approximate surface area is 183 Å². The first-order chi connectivity index (χ1) is 15.3. The number of hydrogen-bond donors (Lipinski definition) is 2. The quantitative estimate of drug-likeness (QED) is 0.601. The molecule has 1 aliphatic rings. The summed E-state index contributed by atoms with van der Waals surface area (Å²) >= 11 is 0. The maximum atomic E-state index is 14.3. The van der Waals surface area contributed by atoms with E-state index in [4.69, 9.17) is 0 Å². The van der Waals surface area contributed by atoms with Crippen LogP contribution in [0.4, 0.5) is 31.5 Å². The Hall–Kier alpha value is -3.94. The standard InChI is InChI=1S/C24H21F2N3O3/c1-14-23(30)28(2)21-10-9-17(27-16-6-3-5-15(11-16)24(31)32)12-22(21)29(14)13-18-19(25)7-4-8-20(18)26/h3-12,14,27H,13H2,1-2H3,(H,31,32). The van der Waals surface area contributed by atoms with Crippen LogP contribution in [0.15, 0.2) is 60.7 Å². The zero-order valence-corrected chi connectivity index (χ0v) is 17.5. The van der Waals surface area contributed by atoms with Crippen LogP contribution < -0.4 is 15.1 Å².